The molecule has 1 fully saturated rings. The molecule has 2 heterocycles. The summed E-state index contributed by atoms with van der Waals surface area (Å²) in [6.07, 6.45) is 8.07. The van der Waals surface area contributed by atoms with Gasteiger partial charge in [0, 0.05) is 5.41 Å². The lowest BCUT2D eigenvalue weighted by atomic mass is 9.80. The standard InChI is InChI=1S/C13H15NO2S.H3N/c1-13-5-6-14-12(13)17-11-4-2-3-9(16-8-15)7-10(11)13;/h2-3,7-8,12,14H,4-6H2,1H3;1H3. The van der Waals surface area contributed by atoms with Gasteiger partial charge in [-0.15, -0.1) is 11.8 Å². The van der Waals surface area contributed by atoms with Crippen LogP contribution in [0, 0.1) is 5.41 Å². The Labute approximate surface area is 111 Å². The molecular formula is C13H18N2O2S. The lowest BCUT2D eigenvalue weighted by molar-refractivity contribution is -0.124. The highest BCUT2D eigenvalue weighted by Gasteiger charge is 2.47. The van der Waals surface area contributed by atoms with Gasteiger partial charge in [0.2, 0.25) is 0 Å². The van der Waals surface area contributed by atoms with Crippen LogP contribution in [0.15, 0.2) is 34.5 Å². The Hall–Kier alpha value is -1.04. The predicted octanol–water partition coefficient (Wildman–Crippen LogP) is 2.49. The largest absolute Gasteiger partial charge is 0.429 e. The zero-order valence-electron chi connectivity index (χ0n) is 10.4. The summed E-state index contributed by atoms with van der Waals surface area (Å²) in [6.45, 7) is 3.86. The molecule has 2 atom stereocenters. The molecule has 0 spiro atoms. The van der Waals surface area contributed by atoms with Gasteiger partial charge in [0.25, 0.3) is 6.47 Å². The Kier molecular flexibility index (Phi) is 3.66. The zero-order valence-corrected chi connectivity index (χ0v) is 11.3. The van der Waals surface area contributed by atoms with Crippen molar-refractivity contribution in [3.63, 3.8) is 0 Å². The topological polar surface area (TPSA) is 73.3 Å². The van der Waals surface area contributed by atoms with Crippen LogP contribution in [-0.2, 0) is 9.53 Å². The normalized spacial score (nSPS) is 33.2. The summed E-state index contributed by atoms with van der Waals surface area (Å²) in [6, 6.07) is 0. The predicted molar refractivity (Wildman–Crippen MR) is 73.1 cm³/mol. The Bertz CT molecular complexity index is 456. The molecule has 0 aromatic carbocycles. The van der Waals surface area contributed by atoms with Gasteiger partial charge in [-0.3, -0.25) is 4.79 Å². The van der Waals surface area contributed by atoms with E-state index in [0.29, 0.717) is 17.6 Å². The molecule has 3 aliphatic rings. The van der Waals surface area contributed by atoms with Crippen molar-refractivity contribution in [1.82, 2.24) is 11.5 Å². The summed E-state index contributed by atoms with van der Waals surface area (Å²) >= 11 is 1.93. The highest BCUT2D eigenvalue weighted by molar-refractivity contribution is 8.04. The molecule has 18 heavy (non-hydrogen) atoms. The molecule has 5 heteroatoms. The van der Waals surface area contributed by atoms with Gasteiger partial charge >= 0.3 is 0 Å². The number of hydrogen-bond donors (Lipinski definition) is 2. The monoisotopic (exact) mass is 266 g/mol. The van der Waals surface area contributed by atoms with Crippen LogP contribution in [0.5, 0.6) is 0 Å². The molecule has 0 amide bonds. The fourth-order valence-electron chi connectivity index (χ4n) is 2.80. The van der Waals surface area contributed by atoms with Gasteiger partial charge < -0.3 is 16.2 Å². The van der Waals surface area contributed by atoms with E-state index >= 15 is 0 Å². The highest BCUT2D eigenvalue weighted by atomic mass is 32.2. The minimum absolute atomic E-state index is 0. The Balaban J connectivity index is 0.00000120. The molecule has 1 saturated heterocycles. The number of hydrogen-bond acceptors (Lipinski definition) is 5. The molecule has 0 saturated carbocycles. The number of ether oxygens (including phenoxy) is 1. The number of rotatable bonds is 2. The third kappa shape index (κ3) is 1.92. The van der Waals surface area contributed by atoms with Crippen LogP contribution in [-0.4, -0.2) is 18.4 Å². The van der Waals surface area contributed by atoms with Crippen LogP contribution in [0.4, 0.5) is 0 Å². The maximum atomic E-state index is 10.5. The Morgan fingerprint density at radius 1 is 1.61 bits per heavy atom. The van der Waals surface area contributed by atoms with E-state index < -0.39 is 0 Å². The number of thioether (sulfide) groups is 1. The van der Waals surface area contributed by atoms with Crippen LogP contribution in [0.1, 0.15) is 19.8 Å². The molecule has 4 nitrogen and oxygen atoms in total. The number of allylic oxidation sites excluding steroid dienone is 4. The fraction of sp³-hybridized carbons (Fsp3) is 0.462. The summed E-state index contributed by atoms with van der Waals surface area (Å²) < 4.78 is 4.99. The zero-order chi connectivity index (χ0) is 11.9. The molecule has 3 rings (SSSR count). The van der Waals surface area contributed by atoms with Crippen molar-refractivity contribution in [3.05, 3.63) is 34.5 Å². The van der Waals surface area contributed by atoms with E-state index in [4.69, 9.17) is 4.74 Å². The molecule has 98 valence electrons. The third-order valence-electron chi connectivity index (χ3n) is 3.78. The van der Waals surface area contributed by atoms with Gasteiger partial charge in [0.1, 0.15) is 5.76 Å². The van der Waals surface area contributed by atoms with E-state index in [2.05, 4.69) is 18.3 Å². The molecule has 0 aromatic heterocycles. The molecule has 0 aromatic rings. The summed E-state index contributed by atoms with van der Waals surface area (Å²) in [5.74, 6) is 0.652. The van der Waals surface area contributed by atoms with Gasteiger partial charge in [-0.05, 0) is 42.0 Å². The molecule has 4 N–H and O–H groups in total. The first kappa shape index (κ1) is 13.4. The lowest BCUT2D eigenvalue weighted by Crippen LogP contribution is -2.28. The van der Waals surface area contributed by atoms with Crippen LogP contribution < -0.4 is 11.5 Å². The maximum absolute atomic E-state index is 10.5. The second-order valence-electron chi connectivity index (χ2n) is 4.82. The molecule has 1 aliphatic carbocycles. The third-order valence-corrected chi connectivity index (χ3v) is 5.38. The van der Waals surface area contributed by atoms with Crippen molar-refractivity contribution in [2.45, 2.75) is 25.1 Å². The van der Waals surface area contributed by atoms with Gasteiger partial charge in [0.15, 0.2) is 0 Å². The van der Waals surface area contributed by atoms with Gasteiger partial charge in [0.05, 0.1) is 5.37 Å². The van der Waals surface area contributed by atoms with Crippen molar-refractivity contribution in [3.8, 4) is 0 Å². The number of nitrogens with one attached hydrogen (secondary N) is 1. The van der Waals surface area contributed by atoms with Gasteiger partial charge in [-0.25, -0.2) is 0 Å². The quantitative estimate of drug-likeness (QED) is 0.751. The van der Waals surface area contributed by atoms with Crippen molar-refractivity contribution >= 4 is 18.2 Å². The van der Waals surface area contributed by atoms with Crippen molar-refractivity contribution in [2.75, 3.05) is 6.54 Å². The van der Waals surface area contributed by atoms with Gasteiger partial charge in [-0.2, -0.15) is 0 Å². The summed E-state index contributed by atoms with van der Waals surface area (Å²) in [4.78, 5) is 11.9. The average molecular weight is 266 g/mol. The SMILES string of the molecule is CC12CCNC1SC1=C2C=C(OC=O)C=CC1.N. The van der Waals surface area contributed by atoms with Crippen molar-refractivity contribution < 1.29 is 9.53 Å². The number of carbonyl (C=O) groups excluding carboxylic acids is 1. The van der Waals surface area contributed by atoms with E-state index in [-0.39, 0.29) is 11.6 Å². The summed E-state index contributed by atoms with van der Waals surface area (Å²) in [7, 11) is 0. The minimum Gasteiger partial charge on any atom is -0.429 e. The second kappa shape index (κ2) is 4.91. The lowest BCUT2D eigenvalue weighted by Gasteiger charge is -2.25. The Morgan fingerprint density at radius 3 is 3.22 bits per heavy atom. The molecule has 2 aliphatic heterocycles. The number of carbonyl (C=O) groups is 1. The van der Waals surface area contributed by atoms with E-state index in [1.165, 1.54) is 10.5 Å². The Morgan fingerprint density at radius 2 is 2.44 bits per heavy atom. The van der Waals surface area contributed by atoms with Crippen LogP contribution in [0.25, 0.3) is 0 Å². The smallest absolute Gasteiger partial charge is 0.298 e. The van der Waals surface area contributed by atoms with Crippen molar-refractivity contribution in [2.24, 2.45) is 5.41 Å². The van der Waals surface area contributed by atoms with Crippen LogP contribution in [0.3, 0.4) is 0 Å². The molecule has 2 unspecified atom stereocenters. The molecule has 0 radical (unpaired) electrons. The molecule has 0 bridgehead atoms. The first-order valence-electron chi connectivity index (χ1n) is 5.86. The average Bonchev–Trinajstić information content (AvgIpc) is 2.68. The van der Waals surface area contributed by atoms with Crippen LogP contribution >= 0.6 is 11.8 Å². The van der Waals surface area contributed by atoms with E-state index in [9.17, 15) is 4.79 Å². The summed E-state index contributed by atoms with van der Waals surface area (Å²) in [5, 5.41) is 4.02. The van der Waals surface area contributed by atoms with Crippen LogP contribution in [0.2, 0.25) is 0 Å². The second-order valence-corrected chi connectivity index (χ2v) is 6.02. The minimum atomic E-state index is 0. The van der Waals surface area contributed by atoms with E-state index in [1.807, 2.05) is 23.9 Å². The molecular weight excluding hydrogens is 248 g/mol. The van der Waals surface area contributed by atoms with E-state index in [1.54, 1.807) is 0 Å². The first-order valence-corrected chi connectivity index (χ1v) is 6.74. The summed E-state index contributed by atoms with van der Waals surface area (Å²) in [5.41, 5.74) is 1.53. The van der Waals surface area contributed by atoms with Crippen molar-refractivity contribution in [1.29, 1.82) is 0 Å². The number of fused-ring (bicyclic) bond motifs is 2. The van der Waals surface area contributed by atoms with Gasteiger partial charge in [-0.1, -0.05) is 13.0 Å². The van der Waals surface area contributed by atoms with E-state index in [0.717, 1.165) is 19.4 Å². The highest BCUT2D eigenvalue weighted by Crippen LogP contribution is 2.55. The first-order chi connectivity index (χ1) is 8.24. The fourth-order valence-corrected chi connectivity index (χ4v) is 4.40. The maximum Gasteiger partial charge on any atom is 0.298 e.